The molecule has 3 aromatic rings. The van der Waals surface area contributed by atoms with Gasteiger partial charge in [-0.1, -0.05) is 38.0 Å². The molecule has 4 rings (SSSR count). The van der Waals surface area contributed by atoms with Crippen LogP contribution in [-0.2, 0) is 0 Å². The van der Waals surface area contributed by atoms with E-state index < -0.39 is 6.61 Å². The summed E-state index contributed by atoms with van der Waals surface area (Å²) >= 11 is 0. The molecule has 1 saturated carbocycles. The Morgan fingerprint density at radius 3 is 2.81 bits per heavy atom. The molecule has 1 aromatic carbocycles. The molecule has 138 valence electrons. The molecule has 0 spiro atoms. The van der Waals surface area contributed by atoms with Crippen molar-refractivity contribution in [3.63, 3.8) is 0 Å². The molecular weight excluding hydrogens is 336 g/mol. The third-order valence-corrected chi connectivity index (χ3v) is 5.62. The van der Waals surface area contributed by atoms with E-state index in [-0.39, 0.29) is 5.78 Å². The van der Waals surface area contributed by atoms with Crippen molar-refractivity contribution >= 4 is 22.8 Å². The van der Waals surface area contributed by atoms with Crippen LogP contribution in [0.4, 0.5) is 0 Å². The lowest BCUT2D eigenvalue weighted by atomic mass is 9.81. The van der Waals surface area contributed by atoms with Crippen LogP contribution in [-0.4, -0.2) is 27.5 Å². The average molecular weight is 360 g/mol. The highest BCUT2D eigenvalue weighted by Gasteiger charge is 2.25. The zero-order chi connectivity index (χ0) is 18.8. The highest BCUT2D eigenvalue weighted by atomic mass is 16.3. The lowest BCUT2D eigenvalue weighted by Gasteiger charge is -2.23. The van der Waals surface area contributed by atoms with Crippen LogP contribution in [0.5, 0.6) is 0 Å². The summed E-state index contributed by atoms with van der Waals surface area (Å²) in [6, 6.07) is 9.71. The van der Waals surface area contributed by atoms with Crippen molar-refractivity contribution in [3.05, 3.63) is 59.9 Å². The number of aromatic nitrogens is 2. The van der Waals surface area contributed by atoms with Gasteiger partial charge in [0.05, 0.1) is 11.4 Å². The molecule has 1 aliphatic rings. The van der Waals surface area contributed by atoms with Gasteiger partial charge in [0.1, 0.15) is 6.61 Å². The predicted octanol–water partition coefficient (Wildman–Crippen LogP) is 5.10. The maximum atomic E-state index is 11.9. The van der Waals surface area contributed by atoms with E-state index in [2.05, 4.69) is 22.6 Å². The van der Waals surface area contributed by atoms with E-state index in [9.17, 15) is 9.90 Å². The van der Waals surface area contributed by atoms with E-state index in [0.717, 1.165) is 27.9 Å². The number of nitrogens with one attached hydrogen (secondary N) is 1. The molecule has 0 saturated heterocycles. The van der Waals surface area contributed by atoms with Gasteiger partial charge < -0.3 is 10.1 Å². The number of ketones is 1. The number of fused-ring (bicyclic) bond motifs is 1. The Kier molecular flexibility index (Phi) is 4.90. The number of nitrogens with zero attached hydrogens (tertiary/aromatic N) is 1. The standard InChI is InChI=1S/C23H24N2O2/c1-2-19-18(9-6-12-24-19)23-22(15-7-4-3-5-8-15)17-11-10-16(21(27)14-26)13-20(17)25-23/h2,6,9-13,15,25-26H,1,3-5,7-8,14H2. The van der Waals surface area contributed by atoms with Crippen LogP contribution in [0.3, 0.4) is 0 Å². The number of benzene rings is 1. The molecule has 0 aliphatic heterocycles. The minimum Gasteiger partial charge on any atom is -0.388 e. The Balaban J connectivity index is 1.95. The number of hydrogen-bond acceptors (Lipinski definition) is 3. The number of pyridine rings is 1. The molecular formula is C23H24N2O2. The van der Waals surface area contributed by atoms with Gasteiger partial charge in [0.25, 0.3) is 0 Å². The van der Waals surface area contributed by atoms with E-state index in [1.165, 1.54) is 37.7 Å². The highest BCUT2D eigenvalue weighted by Crippen LogP contribution is 2.43. The van der Waals surface area contributed by atoms with Crippen molar-refractivity contribution in [2.45, 2.75) is 38.0 Å². The zero-order valence-corrected chi connectivity index (χ0v) is 15.4. The first-order chi connectivity index (χ1) is 13.2. The van der Waals surface area contributed by atoms with Gasteiger partial charge in [-0.15, -0.1) is 0 Å². The fourth-order valence-electron chi connectivity index (χ4n) is 4.30. The summed E-state index contributed by atoms with van der Waals surface area (Å²) < 4.78 is 0. The number of aliphatic hydroxyl groups is 1. The molecule has 4 nitrogen and oxygen atoms in total. The van der Waals surface area contributed by atoms with Gasteiger partial charge in [-0.05, 0) is 48.6 Å². The van der Waals surface area contributed by atoms with Crippen molar-refractivity contribution < 1.29 is 9.90 Å². The molecule has 27 heavy (non-hydrogen) atoms. The summed E-state index contributed by atoms with van der Waals surface area (Å²) in [5.74, 6) is 0.236. The predicted molar refractivity (Wildman–Crippen MR) is 109 cm³/mol. The van der Waals surface area contributed by atoms with Gasteiger partial charge in [-0.25, -0.2) is 0 Å². The van der Waals surface area contributed by atoms with Gasteiger partial charge in [0.2, 0.25) is 0 Å². The number of carbonyl (C=O) groups is 1. The van der Waals surface area contributed by atoms with Crippen molar-refractivity contribution in [2.75, 3.05) is 6.61 Å². The summed E-state index contributed by atoms with van der Waals surface area (Å²) in [4.78, 5) is 19.9. The maximum absolute atomic E-state index is 11.9. The van der Waals surface area contributed by atoms with E-state index in [0.29, 0.717) is 11.5 Å². The lowest BCUT2D eigenvalue weighted by Crippen LogP contribution is -2.06. The number of Topliss-reactive ketones (excluding diaryl/α,β-unsaturated/α-hetero) is 1. The smallest absolute Gasteiger partial charge is 0.188 e. The second-order valence-corrected chi connectivity index (χ2v) is 7.23. The first-order valence-corrected chi connectivity index (χ1v) is 9.60. The number of hydrogen-bond donors (Lipinski definition) is 2. The minimum absolute atomic E-state index is 0.263. The molecule has 0 bridgehead atoms. The van der Waals surface area contributed by atoms with Gasteiger partial charge >= 0.3 is 0 Å². The van der Waals surface area contributed by atoms with Gasteiger partial charge in [0.15, 0.2) is 5.78 Å². The number of H-pyrrole nitrogens is 1. The summed E-state index contributed by atoms with van der Waals surface area (Å²) in [7, 11) is 0. The molecule has 2 N–H and O–H groups in total. The topological polar surface area (TPSA) is 66.0 Å². The molecule has 1 fully saturated rings. The van der Waals surface area contributed by atoms with E-state index >= 15 is 0 Å². The van der Waals surface area contributed by atoms with Crippen molar-refractivity contribution in [1.82, 2.24) is 9.97 Å². The van der Waals surface area contributed by atoms with Gasteiger partial charge in [-0.3, -0.25) is 9.78 Å². The molecule has 1 aliphatic carbocycles. The van der Waals surface area contributed by atoms with E-state index in [1.54, 1.807) is 12.3 Å². The largest absolute Gasteiger partial charge is 0.388 e. The first kappa shape index (κ1) is 17.7. The summed E-state index contributed by atoms with van der Waals surface area (Å²) in [5, 5.41) is 10.3. The molecule has 0 atom stereocenters. The normalized spacial score (nSPS) is 15.1. The number of aliphatic hydroxyl groups excluding tert-OH is 1. The fraction of sp³-hybridized carbons (Fsp3) is 0.304. The van der Waals surface area contributed by atoms with Crippen molar-refractivity contribution in [3.8, 4) is 11.3 Å². The van der Waals surface area contributed by atoms with Crippen molar-refractivity contribution in [2.24, 2.45) is 0 Å². The molecule has 0 amide bonds. The first-order valence-electron chi connectivity index (χ1n) is 9.60. The Labute approximate surface area is 159 Å². The average Bonchev–Trinajstić information content (AvgIpc) is 3.12. The number of aromatic amines is 1. The Bertz CT molecular complexity index is 997. The van der Waals surface area contributed by atoms with Crippen LogP contribution in [0.2, 0.25) is 0 Å². The van der Waals surface area contributed by atoms with Crippen LogP contribution in [0.1, 0.15) is 59.6 Å². The maximum Gasteiger partial charge on any atom is 0.188 e. The second-order valence-electron chi connectivity index (χ2n) is 7.23. The monoisotopic (exact) mass is 360 g/mol. The molecule has 2 aromatic heterocycles. The minimum atomic E-state index is -0.474. The third kappa shape index (κ3) is 3.21. The molecule has 0 radical (unpaired) electrons. The van der Waals surface area contributed by atoms with Gasteiger partial charge in [0, 0.05) is 28.2 Å². The quantitative estimate of drug-likeness (QED) is 0.622. The van der Waals surface area contributed by atoms with E-state index in [4.69, 9.17) is 0 Å². The summed E-state index contributed by atoms with van der Waals surface area (Å²) in [6.07, 6.45) is 9.72. The van der Waals surface area contributed by atoms with Crippen LogP contribution in [0.15, 0.2) is 43.1 Å². The highest BCUT2D eigenvalue weighted by molar-refractivity contribution is 6.02. The van der Waals surface area contributed by atoms with Crippen LogP contribution >= 0.6 is 0 Å². The zero-order valence-electron chi connectivity index (χ0n) is 15.4. The lowest BCUT2D eigenvalue weighted by molar-refractivity contribution is 0.0904. The van der Waals surface area contributed by atoms with Crippen LogP contribution in [0.25, 0.3) is 28.2 Å². The number of carbonyl (C=O) groups excluding carboxylic acids is 1. The summed E-state index contributed by atoms with van der Waals surface area (Å²) in [6.45, 7) is 3.44. The van der Waals surface area contributed by atoms with Crippen molar-refractivity contribution in [1.29, 1.82) is 0 Å². The van der Waals surface area contributed by atoms with Crippen LogP contribution < -0.4 is 0 Å². The third-order valence-electron chi connectivity index (χ3n) is 5.62. The fourth-order valence-corrected chi connectivity index (χ4v) is 4.30. The van der Waals surface area contributed by atoms with E-state index in [1.807, 2.05) is 24.3 Å². The van der Waals surface area contributed by atoms with Gasteiger partial charge in [-0.2, -0.15) is 0 Å². The second kappa shape index (κ2) is 7.49. The number of rotatable bonds is 5. The molecule has 0 unspecified atom stereocenters. The Hall–Kier alpha value is -2.72. The van der Waals surface area contributed by atoms with Crippen LogP contribution in [0, 0.1) is 0 Å². The SMILES string of the molecule is C=Cc1ncccc1-c1[nH]c2cc(C(=O)CO)ccc2c1C1CCCCC1. The molecule has 4 heteroatoms. The summed E-state index contributed by atoms with van der Waals surface area (Å²) in [5.41, 5.74) is 5.76. The molecule has 2 heterocycles. The Morgan fingerprint density at radius 2 is 2.07 bits per heavy atom. The Morgan fingerprint density at radius 1 is 1.26 bits per heavy atom.